The van der Waals surface area contributed by atoms with Gasteiger partial charge in [0.05, 0.1) is 19.3 Å². The quantitative estimate of drug-likeness (QED) is 0.905. The molecule has 2 aliphatic rings. The number of nitrogens with one attached hydrogen (secondary N) is 1. The molecule has 1 saturated heterocycles. The number of methoxy groups -OCH3 is 1. The molecule has 0 bridgehead atoms. The van der Waals surface area contributed by atoms with E-state index in [2.05, 4.69) is 35.0 Å². The normalized spacial score (nSPS) is 27.6. The number of rotatable bonds is 2. The minimum atomic E-state index is 0.188. The molecule has 2 aliphatic heterocycles. The Bertz CT molecular complexity index is 611. The van der Waals surface area contributed by atoms with Gasteiger partial charge in [-0.25, -0.2) is 0 Å². The number of ether oxygens (including phenoxy) is 2. The first kappa shape index (κ1) is 12.2. The lowest BCUT2D eigenvalue weighted by molar-refractivity contribution is 0.0830. The number of thiophene rings is 1. The van der Waals surface area contributed by atoms with Gasteiger partial charge in [-0.2, -0.15) is 0 Å². The molecule has 0 aliphatic carbocycles. The molecule has 3 heterocycles. The maximum Gasteiger partial charge on any atom is 0.119 e. The fraction of sp³-hybridized carbons (Fsp3) is 0.375. The van der Waals surface area contributed by atoms with Crippen molar-refractivity contribution >= 4 is 17.0 Å². The lowest BCUT2D eigenvalue weighted by Gasteiger charge is -2.35. The summed E-state index contributed by atoms with van der Waals surface area (Å²) in [6, 6.07) is 10.9. The van der Waals surface area contributed by atoms with Crippen LogP contribution in [0, 0.1) is 5.92 Å². The zero-order chi connectivity index (χ0) is 13.5. The van der Waals surface area contributed by atoms with E-state index in [-0.39, 0.29) is 6.10 Å². The summed E-state index contributed by atoms with van der Waals surface area (Å²) in [5.41, 5.74) is 2.41. The van der Waals surface area contributed by atoms with Crippen molar-refractivity contribution in [2.75, 3.05) is 19.0 Å². The van der Waals surface area contributed by atoms with Crippen LogP contribution in [0.15, 0.2) is 35.7 Å². The van der Waals surface area contributed by atoms with Gasteiger partial charge in [0, 0.05) is 28.7 Å². The molecule has 0 unspecified atom stereocenters. The van der Waals surface area contributed by atoms with Crippen molar-refractivity contribution in [1.82, 2.24) is 0 Å². The summed E-state index contributed by atoms with van der Waals surface area (Å²) in [5, 5.41) is 5.84. The van der Waals surface area contributed by atoms with Crippen LogP contribution in [0.2, 0.25) is 0 Å². The fourth-order valence-electron chi connectivity index (χ4n) is 3.33. The number of hydrogen-bond acceptors (Lipinski definition) is 4. The van der Waals surface area contributed by atoms with E-state index in [9.17, 15) is 0 Å². The van der Waals surface area contributed by atoms with E-state index in [1.54, 1.807) is 7.11 Å². The van der Waals surface area contributed by atoms with Gasteiger partial charge in [0.1, 0.15) is 5.75 Å². The maximum atomic E-state index is 6.02. The average Bonchev–Trinajstić information content (AvgIpc) is 3.17. The van der Waals surface area contributed by atoms with Gasteiger partial charge in [0.15, 0.2) is 0 Å². The second-order valence-electron chi connectivity index (χ2n) is 5.33. The van der Waals surface area contributed by atoms with E-state index < -0.39 is 0 Å². The highest BCUT2D eigenvalue weighted by atomic mass is 32.1. The molecule has 20 heavy (non-hydrogen) atoms. The third-order valence-corrected chi connectivity index (χ3v) is 5.25. The van der Waals surface area contributed by atoms with Crippen molar-refractivity contribution in [2.24, 2.45) is 5.92 Å². The molecule has 0 amide bonds. The van der Waals surface area contributed by atoms with Crippen LogP contribution in [0.3, 0.4) is 0 Å². The van der Waals surface area contributed by atoms with Gasteiger partial charge >= 0.3 is 0 Å². The van der Waals surface area contributed by atoms with Gasteiger partial charge in [0.2, 0.25) is 0 Å². The van der Waals surface area contributed by atoms with Crippen molar-refractivity contribution < 1.29 is 9.47 Å². The Hall–Kier alpha value is -1.52. The van der Waals surface area contributed by atoms with E-state index >= 15 is 0 Å². The second-order valence-corrected chi connectivity index (χ2v) is 6.31. The predicted molar refractivity (Wildman–Crippen MR) is 80.5 cm³/mol. The van der Waals surface area contributed by atoms with Crippen LogP contribution in [0.1, 0.15) is 29.0 Å². The molecule has 0 radical (unpaired) electrons. The third kappa shape index (κ3) is 1.83. The number of benzene rings is 1. The first-order chi connectivity index (χ1) is 9.86. The molecule has 3 nitrogen and oxygen atoms in total. The highest BCUT2D eigenvalue weighted by Gasteiger charge is 2.41. The summed E-state index contributed by atoms with van der Waals surface area (Å²) in [5.74, 6) is 1.41. The Morgan fingerprint density at radius 2 is 2.30 bits per heavy atom. The second kappa shape index (κ2) is 4.79. The highest BCUT2D eigenvalue weighted by Crippen LogP contribution is 2.51. The van der Waals surface area contributed by atoms with E-state index in [0.717, 1.165) is 18.8 Å². The molecular formula is C16H17NO2S. The molecule has 2 aromatic rings. The summed E-state index contributed by atoms with van der Waals surface area (Å²) >= 11 is 1.82. The topological polar surface area (TPSA) is 30.5 Å². The number of anilines is 1. The van der Waals surface area contributed by atoms with Gasteiger partial charge in [-0.3, -0.25) is 0 Å². The van der Waals surface area contributed by atoms with Crippen LogP contribution in [-0.2, 0) is 4.74 Å². The van der Waals surface area contributed by atoms with Gasteiger partial charge < -0.3 is 14.8 Å². The molecule has 4 heteroatoms. The molecule has 3 atom stereocenters. The Morgan fingerprint density at radius 1 is 1.35 bits per heavy atom. The van der Waals surface area contributed by atoms with Crippen LogP contribution in [0.25, 0.3) is 0 Å². The minimum Gasteiger partial charge on any atom is -0.497 e. The molecule has 0 spiro atoms. The summed E-state index contributed by atoms with van der Waals surface area (Å²) in [6.07, 6.45) is 1.30. The Kier molecular flexibility index (Phi) is 2.93. The molecule has 1 aromatic carbocycles. The number of hydrogen-bond donors (Lipinski definition) is 1. The van der Waals surface area contributed by atoms with Gasteiger partial charge in [-0.15, -0.1) is 11.3 Å². The first-order valence-electron chi connectivity index (χ1n) is 6.96. The molecule has 104 valence electrons. The smallest absolute Gasteiger partial charge is 0.119 e. The maximum absolute atomic E-state index is 6.02. The summed E-state index contributed by atoms with van der Waals surface area (Å²) < 4.78 is 11.4. The largest absolute Gasteiger partial charge is 0.497 e. The van der Waals surface area contributed by atoms with Crippen molar-refractivity contribution in [3.05, 3.63) is 46.2 Å². The SMILES string of the molecule is COc1ccc2c(c1)[C@@H]1OCC[C@@H]1[C@@H](c1cccs1)N2. The van der Waals surface area contributed by atoms with Crippen molar-refractivity contribution in [3.8, 4) is 5.75 Å². The molecule has 1 N–H and O–H groups in total. The van der Waals surface area contributed by atoms with Crippen LogP contribution in [-0.4, -0.2) is 13.7 Å². The van der Waals surface area contributed by atoms with Gasteiger partial charge in [0.25, 0.3) is 0 Å². The predicted octanol–water partition coefficient (Wildman–Crippen LogP) is 4.00. The van der Waals surface area contributed by atoms with E-state index in [0.29, 0.717) is 12.0 Å². The van der Waals surface area contributed by atoms with Crippen LogP contribution in [0.5, 0.6) is 5.75 Å². The van der Waals surface area contributed by atoms with Crippen molar-refractivity contribution in [1.29, 1.82) is 0 Å². The van der Waals surface area contributed by atoms with Crippen molar-refractivity contribution in [2.45, 2.75) is 18.6 Å². The zero-order valence-corrected chi connectivity index (χ0v) is 12.2. The Labute approximate surface area is 122 Å². The molecule has 4 rings (SSSR count). The van der Waals surface area contributed by atoms with Gasteiger partial charge in [-0.1, -0.05) is 6.07 Å². The van der Waals surface area contributed by atoms with Gasteiger partial charge in [-0.05, 0) is 36.1 Å². The van der Waals surface area contributed by atoms with E-state index in [4.69, 9.17) is 9.47 Å². The summed E-state index contributed by atoms with van der Waals surface area (Å²) in [4.78, 5) is 1.40. The van der Waals surface area contributed by atoms with Crippen LogP contribution in [0.4, 0.5) is 5.69 Å². The fourth-order valence-corrected chi connectivity index (χ4v) is 4.18. The van der Waals surface area contributed by atoms with Crippen molar-refractivity contribution in [3.63, 3.8) is 0 Å². The third-order valence-electron chi connectivity index (χ3n) is 4.29. The lowest BCUT2D eigenvalue weighted by Crippen LogP contribution is -2.28. The highest BCUT2D eigenvalue weighted by molar-refractivity contribution is 7.10. The standard InChI is InChI=1S/C16H17NO2S/c1-18-10-4-5-13-12(9-10)16-11(6-7-19-16)15(17-13)14-3-2-8-20-14/h2-5,8-9,11,15-17H,6-7H2,1H3/t11-,15+,16-/m1/s1. The minimum absolute atomic E-state index is 0.188. The Morgan fingerprint density at radius 3 is 3.10 bits per heavy atom. The van der Waals surface area contributed by atoms with E-state index in [1.807, 2.05) is 17.4 Å². The molecule has 1 aromatic heterocycles. The monoisotopic (exact) mass is 287 g/mol. The lowest BCUT2D eigenvalue weighted by atomic mass is 9.83. The summed E-state index contributed by atoms with van der Waals surface area (Å²) in [7, 11) is 1.71. The average molecular weight is 287 g/mol. The molecule has 0 saturated carbocycles. The molecular weight excluding hydrogens is 270 g/mol. The Balaban J connectivity index is 1.78. The first-order valence-corrected chi connectivity index (χ1v) is 7.84. The van der Waals surface area contributed by atoms with E-state index in [1.165, 1.54) is 16.1 Å². The molecule has 1 fully saturated rings. The van der Waals surface area contributed by atoms with Crippen LogP contribution < -0.4 is 10.1 Å². The summed E-state index contributed by atoms with van der Waals surface area (Å²) in [6.45, 7) is 0.843. The van der Waals surface area contributed by atoms with Crippen LogP contribution >= 0.6 is 11.3 Å². The zero-order valence-electron chi connectivity index (χ0n) is 11.3. The number of fused-ring (bicyclic) bond motifs is 3.